The standard InChI is InChI=1S/C25H25N3O8S/c1-2-35-21-13-18(5-8-20(21)36-16-17-3-6-19(7-4-17)28(32)33)14-22-24(30)27(25(31)37-22)15-23(29)26-9-11-34-12-10-26/h3-8,13-14H,2,9-12,15-16H2,1H3/b22-14+. The molecule has 0 aliphatic carbocycles. The molecular weight excluding hydrogens is 502 g/mol. The van der Waals surface area contributed by atoms with Gasteiger partial charge in [0.05, 0.1) is 29.6 Å². The van der Waals surface area contributed by atoms with E-state index in [2.05, 4.69) is 0 Å². The fraction of sp³-hybridized carbons (Fsp3) is 0.320. The van der Waals surface area contributed by atoms with Crippen LogP contribution >= 0.6 is 11.8 Å². The van der Waals surface area contributed by atoms with Crippen LogP contribution in [-0.2, 0) is 20.9 Å². The van der Waals surface area contributed by atoms with Crippen molar-refractivity contribution in [1.29, 1.82) is 0 Å². The zero-order chi connectivity index (χ0) is 26.4. The largest absolute Gasteiger partial charge is 0.490 e. The fourth-order valence-electron chi connectivity index (χ4n) is 3.71. The maximum atomic E-state index is 12.9. The number of nitrogens with zero attached hydrogens (tertiary/aromatic N) is 3. The highest BCUT2D eigenvalue weighted by atomic mass is 32.2. The summed E-state index contributed by atoms with van der Waals surface area (Å²) in [6, 6.07) is 11.2. The van der Waals surface area contributed by atoms with Crippen LogP contribution < -0.4 is 9.47 Å². The second kappa shape index (κ2) is 11.9. The summed E-state index contributed by atoms with van der Waals surface area (Å²) < 4.78 is 16.8. The van der Waals surface area contributed by atoms with Gasteiger partial charge in [-0.25, -0.2) is 0 Å². The van der Waals surface area contributed by atoms with Gasteiger partial charge in [-0.2, -0.15) is 0 Å². The van der Waals surface area contributed by atoms with Crippen molar-refractivity contribution >= 4 is 40.6 Å². The molecule has 11 nitrogen and oxygen atoms in total. The molecule has 0 aromatic heterocycles. The summed E-state index contributed by atoms with van der Waals surface area (Å²) in [5.41, 5.74) is 1.37. The van der Waals surface area contributed by atoms with E-state index in [1.54, 1.807) is 41.3 Å². The van der Waals surface area contributed by atoms with Gasteiger partial charge < -0.3 is 19.1 Å². The van der Waals surface area contributed by atoms with Crippen LogP contribution in [0.5, 0.6) is 11.5 Å². The summed E-state index contributed by atoms with van der Waals surface area (Å²) in [5.74, 6) is 0.0922. The zero-order valence-corrected chi connectivity index (χ0v) is 20.9. The highest BCUT2D eigenvalue weighted by Crippen LogP contribution is 2.35. The third-order valence-corrected chi connectivity index (χ3v) is 6.55. The average molecular weight is 528 g/mol. The Labute approximate surface area is 217 Å². The molecule has 0 spiro atoms. The van der Waals surface area contributed by atoms with Crippen molar-refractivity contribution in [1.82, 2.24) is 9.80 Å². The van der Waals surface area contributed by atoms with Crippen molar-refractivity contribution in [2.24, 2.45) is 0 Å². The first-order valence-corrected chi connectivity index (χ1v) is 12.4. The lowest BCUT2D eigenvalue weighted by Gasteiger charge is -2.28. The van der Waals surface area contributed by atoms with Crippen molar-refractivity contribution in [3.05, 3.63) is 68.6 Å². The summed E-state index contributed by atoms with van der Waals surface area (Å²) in [6.45, 7) is 3.80. The molecule has 194 valence electrons. The number of nitro groups is 1. The number of carbonyl (C=O) groups excluding carboxylic acids is 3. The first-order valence-electron chi connectivity index (χ1n) is 11.6. The Kier molecular flexibility index (Phi) is 8.41. The number of hydrogen-bond acceptors (Lipinski definition) is 9. The molecule has 0 unspecified atom stereocenters. The van der Waals surface area contributed by atoms with Crippen LogP contribution in [0.4, 0.5) is 10.5 Å². The molecule has 37 heavy (non-hydrogen) atoms. The topological polar surface area (TPSA) is 129 Å². The van der Waals surface area contributed by atoms with Gasteiger partial charge in [0.1, 0.15) is 13.2 Å². The smallest absolute Gasteiger partial charge is 0.294 e. The summed E-state index contributed by atoms with van der Waals surface area (Å²) in [4.78, 5) is 50.9. The van der Waals surface area contributed by atoms with E-state index in [0.29, 0.717) is 50.0 Å². The number of morpholine rings is 1. The van der Waals surface area contributed by atoms with Gasteiger partial charge in [-0.05, 0) is 60.2 Å². The molecule has 3 amide bonds. The summed E-state index contributed by atoms with van der Waals surface area (Å²) >= 11 is 0.782. The molecular formula is C25H25N3O8S. The van der Waals surface area contributed by atoms with Crippen LogP contribution in [0.3, 0.4) is 0 Å². The number of hydrogen-bond donors (Lipinski definition) is 0. The number of ether oxygens (including phenoxy) is 3. The number of benzene rings is 2. The highest BCUT2D eigenvalue weighted by molar-refractivity contribution is 8.18. The lowest BCUT2D eigenvalue weighted by Crippen LogP contribution is -2.46. The van der Waals surface area contributed by atoms with Crippen molar-refractivity contribution in [2.75, 3.05) is 39.5 Å². The number of rotatable bonds is 9. The Hall–Kier alpha value is -3.90. The molecule has 0 bridgehead atoms. The highest BCUT2D eigenvalue weighted by Gasteiger charge is 2.37. The number of nitro benzene ring substituents is 1. The first-order chi connectivity index (χ1) is 17.9. The van der Waals surface area contributed by atoms with E-state index in [4.69, 9.17) is 14.2 Å². The lowest BCUT2D eigenvalue weighted by atomic mass is 10.1. The first kappa shape index (κ1) is 26.2. The number of thioether (sulfide) groups is 1. The minimum Gasteiger partial charge on any atom is -0.490 e. The molecule has 12 heteroatoms. The quantitative estimate of drug-likeness (QED) is 0.273. The SMILES string of the molecule is CCOc1cc(/C=C2/SC(=O)N(CC(=O)N3CCOCC3)C2=O)ccc1OCc1ccc([N+](=O)[O-])cc1. The normalized spacial score (nSPS) is 16.8. The third-order valence-electron chi connectivity index (χ3n) is 5.64. The number of amides is 3. The zero-order valence-electron chi connectivity index (χ0n) is 20.1. The summed E-state index contributed by atoms with van der Waals surface area (Å²) in [5, 5.41) is 10.3. The number of imide groups is 1. The molecule has 2 heterocycles. The monoisotopic (exact) mass is 527 g/mol. The van der Waals surface area contributed by atoms with Gasteiger partial charge >= 0.3 is 0 Å². The molecule has 2 saturated heterocycles. The van der Waals surface area contributed by atoms with Crippen LogP contribution in [0.1, 0.15) is 18.1 Å². The second-order valence-electron chi connectivity index (χ2n) is 8.11. The molecule has 0 N–H and O–H groups in total. The average Bonchev–Trinajstić information content (AvgIpc) is 3.16. The number of carbonyl (C=O) groups is 3. The lowest BCUT2D eigenvalue weighted by molar-refractivity contribution is -0.384. The molecule has 0 atom stereocenters. The van der Waals surface area contributed by atoms with Crippen LogP contribution in [-0.4, -0.2) is 71.2 Å². The Morgan fingerprint density at radius 3 is 2.51 bits per heavy atom. The minimum absolute atomic E-state index is 0.00187. The molecule has 2 fully saturated rings. The molecule has 4 rings (SSSR count). The van der Waals surface area contributed by atoms with E-state index >= 15 is 0 Å². The van der Waals surface area contributed by atoms with Gasteiger partial charge in [0.2, 0.25) is 5.91 Å². The van der Waals surface area contributed by atoms with Crippen molar-refractivity contribution in [3.8, 4) is 11.5 Å². The fourth-order valence-corrected chi connectivity index (χ4v) is 4.55. The minimum atomic E-state index is -0.520. The van der Waals surface area contributed by atoms with E-state index < -0.39 is 16.1 Å². The van der Waals surface area contributed by atoms with Gasteiger partial charge in [0.15, 0.2) is 11.5 Å². The van der Waals surface area contributed by atoms with E-state index in [1.165, 1.54) is 12.1 Å². The van der Waals surface area contributed by atoms with E-state index in [1.807, 2.05) is 6.92 Å². The molecule has 2 aromatic carbocycles. The molecule has 2 aliphatic heterocycles. The Morgan fingerprint density at radius 2 is 1.84 bits per heavy atom. The van der Waals surface area contributed by atoms with E-state index in [0.717, 1.165) is 22.2 Å². The van der Waals surface area contributed by atoms with Crippen molar-refractivity contribution in [2.45, 2.75) is 13.5 Å². The van der Waals surface area contributed by atoms with Crippen molar-refractivity contribution < 1.29 is 33.5 Å². The predicted octanol–water partition coefficient (Wildman–Crippen LogP) is 3.47. The van der Waals surface area contributed by atoms with Crippen LogP contribution in [0, 0.1) is 10.1 Å². The van der Waals surface area contributed by atoms with Gasteiger partial charge in [-0.3, -0.25) is 29.4 Å². The maximum Gasteiger partial charge on any atom is 0.294 e. The third kappa shape index (κ3) is 6.46. The molecule has 2 aromatic rings. The predicted molar refractivity (Wildman–Crippen MR) is 135 cm³/mol. The van der Waals surface area contributed by atoms with E-state index in [9.17, 15) is 24.5 Å². The van der Waals surface area contributed by atoms with Crippen LogP contribution in [0.25, 0.3) is 6.08 Å². The molecule has 0 saturated carbocycles. The van der Waals surface area contributed by atoms with Crippen LogP contribution in [0.2, 0.25) is 0 Å². The second-order valence-corrected chi connectivity index (χ2v) is 9.11. The van der Waals surface area contributed by atoms with Crippen molar-refractivity contribution in [3.63, 3.8) is 0 Å². The Bertz CT molecular complexity index is 1220. The summed E-state index contributed by atoms with van der Waals surface area (Å²) in [6.07, 6.45) is 1.58. The van der Waals surface area contributed by atoms with Gasteiger partial charge in [0, 0.05) is 25.2 Å². The maximum absolute atomic E-state index is 12.9. The van der Waals surface area contributed by atoms with Gasteiger partial charge in [-0.1, -0.05) is 6.07 Å². The molecule has 2 aliphatic rings. The molecule has 0 radical (unpaired) electrons. The van der Waals surface area contributed by atoms with Gasteiger partial charge in [0.25, 0.3) is 16.8 Å². The van der Waals surface area contributed by atoms with Crippen LogP contribution in [0.15, 0.2) is 47.4 Å². The Balaban J connectivity index is 1.44. The Morgan fingerprint density at radius 1 is 1.11 bits per heavy atom. The summed E-state index contributed by atoms with van der Waals surface area (Å²) in [7, 11) is 0. The number of non-ortho nitro benzene ring substituents is 1. The van der Waals surface area contributed by atoms with E-state index in [-0.39, 0.29) is 29.7 Å². The van der Waals surface area contributed by atoms with Gasteiger partial charge in [-0.15, -0.1) is 0 Å².